The lowest BCUT2D eigenvalue weighted by Gasteiger charge is -2.21. The minimum Gasteiger partial charge on any atom is -0.462 e. The molecule has 0 spiro atoms. The van der Waals surface area contributed by atoms with Crippen LogP contribution in [0.2, 0.25) is 0 Å². The van der Waals surface area contributed by atoms with Crippen LogP contribution < -0.4 is 0 Å². The van der Waals surface area contributed by atoms with Crippen molar-refractivity contribution in [3.05, 3.63) is 0 Å². The van der Waals surface area contributed by atoms with Gasteiger partial charge in [-0.25, -0.2) is 9.13 Å². The minimum absolute atomic E-state index is 0.104. The van der Waals surface area contributed by atoms with E-state index in [1.165, 1.54) is 173 Å². The van der Waals surface area contributed by atoms with Crippen LogP contribution in [0.4, 0.5) is 0 Å². The third kappa shape index (κ3) is 67.0. The van der Waals surface area contributed by atoms with Gasteiger partial charge in [0.2, 0.25) is 0 Å². The van der Waals surface area contributed by atoms with Crippen molar-refractivity contribution in [2.24, 2.45) is 23.7 Å². The van der Waals surface area contributed by atoms with Gasteiger partial charge in [-0.1, -0.05) is 319 Å². The van der Waals surface area contributed by atoms with Gasteiger partial charge in [0, 0.05) is 25.7 Å². The molecule has 0 aromatic heterocycles. The molecule has 0 heterocycles. The zero-order chi connectivity index (χ0) is 68.9. The molecule has 552 valence electrons. The molecule has 4 unspecified atom stereocenters. The van der Waals surface area contributed by atoms with Crippen LogP contribution in [-0.4, -0.2) is 96.7 Å². The van der Waals surface area contributed by atoms with Gasteiger partial charge in [0.05, 0.1) is 26.4 Å². The van der Waals surface area contributed by atoms with E-state index in [1.807, 2.05) is 0 Å². The summed E-state index contributed by atoms with van der Waals surface area (Å²) in [5, 5.41) is 10.6. The van der Waals surface area contributed by atoms with Crippen molar-refractivity contribution in [1.82, 2.24) is 0 Å². The number of aliphatic hydroxyl groups is 1. The van der Waals surface area contributed by atoms with Crippen molar-refractivity contribution in [3.63, 3.8) is 0 Å². The maximum atomic E-state index is 13.1. The molecule has 0 aromatic carbocycles. The van der Waals surface area contributed by atoms with Gasteiger partial charge in [-0.2, -0.15) is 0 Å². The molecular weight excluding hydrogens is 1220 g/mol. The first-order valence-electron chi connectivity index (χ1n) is 38.2. The highest BCUT2D eigenvalue weighted by molar-refractivity contribution is 7.47. The summed E-state index contributed by atoms with van der Waals surface area (Å²) in [6, 6.07) is 0. The molecule has 3 N–H and O–H groups in total. The molecular formula is C74H144O17P2. The number of ether oxygens (including phenoxy) is 4. The molecule has 0 aromatic rings. The maximum absolute atomic E-state index is 13.1. The van der Waals surface area contributed by atoms with Crippen molar-refractivity contribution in [3.8, 4) is 0 Å². The van der Waals surface area contributed by atoms with Crippen LogP contribution in [0.3, 0.4) is 0 Å². The van der Waals surface area contributed by atoms with E-state index in [0.717, 1.165) is 114 Å². The van der Waals surface area contributed by atoms with E-state index in [4.69, 9.17) is 37.0 Å². The van der Waals surface area contributed by atoms with Crippen LogP contribution in [0.5, 0.6) is 0 Å². The van der Waals surface area contributed by atoms with Crippen LogP contribution in [0.15, 0.2) is 0 Å². The Morgan fingerprint density at radius 1 is 0.301 bits per heavy atom. The molecule has 0 radical (unpaired) electrons. The predicted molar refractivity (Wildman–Crippen MR) is 377 cm³/mol. The number of hydrogen-bond donors (Lipinski definition) is 3. The van der Waals surface area contributed by atoms with Gasteiger partial charge in [0.25, 0.3) is 0 Å². The first-order valence-corrected chi connectivity index (χ1v) is 41.2. The molecule has 0 fully saturated rings. The van der Waals surface area contributed by atoms with Crippen LogP contribution in [-0.2, 0) is 65.4 Å². The number of carbonyl (C=O) groups is 4. The molecule has 0 saturated heterocycles. The summed E-state index contributed by atoms with van der Waals surface area (Å²) in [4.78, 5) is 72.7. The molecule has 0 aliphatic carbocycles. The van der Waals surface area contributed by atoms with Crippen molar-refractivity contribution in [2.45, 2.75) is 388 Å². The van der Waals surface area contributed by atoms with Gasteiger partial charge in [0.1, 0.15) is 19.3 Å². The fraction of sp³-hybridized carbons (Fsp3) is 0.946. The van der Waals surface area contributed by atoms with Crippen molar-refractivity contribution < 1.29 is 80.2 Å². The molecule has 0 rings (SSSR count). The number of phosphoric acid groups is 2. The van der Waals surface area contributed by atoms with Gasteiger partial charge in [-0.3, -0.25) is 37.3 Å². The van der Waals surface area contributed by atoms with Crippen LogP contribution in [0.1, 0.15) is 370 Å². The van der Waals surface area contributed by atoms with E-state index in [-0.39, 0.29) is 25.7 Å². The quantitative estimate of drug-likeness (QED) is 0.0222. The SMILES string of the molecule is CCC(C)CCCCCCCCCCCCC(=O)OC[C@H](COP(=O)(O)OCC(O)COP(=O)(O)OC[C@@H](COC(=O)CCCCCCCCCCC(C)C)OC(=O)CCCCCCCCCCC(C)C)OC(=O)CCCCCCCCCCCCCCCCC(C)C. The van der Waals surface area contributed by atoms with Gasteiger partial charge in [0.15, 0.2) is 12.2 Å². The van der Waals surface area contributed by atoms with E-state index >= 15 is 0 Å². The second kappa shape index (κ2) is 63.5. The Morgan fingerprint density at radius 2 is 0.516 bits per heavy atom. The zero-order valence-corrected chi connectivity index (χ0v) is 62.7. The Balaban J connectivity index is 5.26. The van der Waals surface area contributed by atoms with Gasteiger partial charge >= 0.3 is 39.5 Å². The molecule has 6 atom stereocenters. The average molecular weight is 1370 g/mol. The summed E-state index contributed by atoms with van der Waals surface area (Å²) in [5.41, 5.74) is 0. The summed E-state index contributed by atoms with van der Waals surface area (Å²) < 4.78 is 68.4. The lowest BCUT2D eigenvalue weighted by atomic mass is 9.99. The predicted octanol–water partition coefficient (Wildman–Crippen LogP) is 21.3. The fourth-order valence-corrected chi connectivity index (χ4v) is 12.7. The van der Waals surface area contributed by atoms with Crippen molar-refractivity contribution >= 4 is 39.5 Å². The number of hydrogen-bond acceptors (Lipinski definition) is 15. The largest absolute Gasteiger partial charge is 0.472 e. The van der Waals surface area contributed by atoms with E-state index in [1.54, 1.807) is 0 Å². The monoisotopic (exact) mass is 1370 g/mol. The van der Waals surface area contributed by atoms with Gasteiger partial charge in [-0.05, 0) is 49.4 Å². The third-order valence-corrected chi connectivity index (χ3v) is 19.3. The third-order valence-electron chi connectivity index (χ3n) is 17.4. The van der Waals surface area contributed by atoms with E-state index in [0.29, 0.717) is 25.7 Å². The first kappa shape index (κ1) is 91.1. The average Bonchev–Trinajstić information content (AvgIpc) is 2.53. The summed E-state index contributed by atoms with van der Waals surface area (Å²) in [6.45, 7) is 14.2. The lowest BCUT2D eigenvalue weighted by molar-refractivity contribution is -0.161. The number of carbonyl (C=O) groups excluding carboxylic acids is 4. The summed E-state index contributed by atoms with van der Waals surface area (Å²) >= 11 is 0. The Bertz CT molecular complexity index is 1840. The number of esters is 4. The first-order chi connectivity index (χ1) is 44.6. The molecule has 19 heteroatoms. The van der Waals surface area contributed by atoms with E-state index < -0.39 is 97.5 Å². The molecule has 0 saturated carbocycles. The van der Waals surface area contributed by atoms with Crippen molar-refractivity contribution in [1.29, 1.82) is 0 Å². The highest BCUT2D eigenvalue weighted by Gasteiger charge is 2.30. The van der Waals surface area contributed by atoms with E-state index in [2.05, 4.69) is 55.4 Å². The smallest absolute Gasteiger partial charge is 0.462 e. The van der Waals surface area contributed by atoms with Gasteiger partial charge < -0.3 is 33.8 Å². The Hall–Kier alpha value is -1.94. The Kier molecular flexibility index (Phi) is 62.2. The minimum atomic E-state index is -4.96. The summed E-state index contributed by atoms with van der Waals surface area (Å²) in [7, 11) is -9.91. The second-order valence-electron chi connectivity index (χ2n) is 28.4. The fourth-order valence-electron chi connectivity index (χ4n) is 11.2. The normalized spacial score (nSPS) is 14.5. The van der Waals surface area contributed by atoms with Crippen molar-refractivity contribution in [2.75, 3.05) is 39.6 Å². The standard InChI is InChI=1S/C74H144O17P2/c1-9-67(8)53-45-37-29-19-16-17-20-30-38-46-54-71(76)84-60-69(90-73(78)56-48-40-32-21-15-13-11-10-12-14-18-26-34-42-50-64(2)3)62-88-92(80,81)86-58-68(75)59-87-93(82,83)89-63-70(91-74(79)57-49-41-33-25-23-28-36-44-52-66(6)7)61-85-72(77)55-47-39-31-24-22-27-35-43-51-65(4)5/h64-70,75H,9-63H2,1-8H3,(H,80,81)(H,82,83)/t67?,68?,69-,70-/m1/s1. The van der Waals surface area contributed by atoms with Crippen LogP contribution in [0.25, 0.3) is 0 Å². The number of unbranched alkanes of at least 4 members (excludes halogenated alkanes) is 36. The van der Waals surface area contributed by atoms with E-state index in [9.17, 15) is 43.2 Å². The number of rotatable bonds is 71. The zero-order valence-electron chi connectivity index (χ0n) is 60.9. The molecule has 0 bridgehead atoms. The summed E-state index contributed by atoms with van der Waals surface area (Å²) in [5.74, 6) is 0.924. The number of aliphatic hydroxyl groups excluding tert-OH is 1. The molecule has 93 heavy (non-hydrogen) atoms. The molecule has 0 aliphatic rings. The molecule has 17 nitrogen and oxygen atoms in total. The lowest BCUT2D eigenvalue weighted by Crippen LogP contribution is -2.30. The Morgan fingerprint density at radius 3 is 0.763 bits per heavy atom. The topological polar surface area (TPSA) is 237 Å². The second-order valence-corrected chi connectivity index (χ2v) is 31.3. The highest BCUT2D eigenvalue weighted by Crippen LogP contribution is 2.45. The maximum Gasteiger partial charge on any atom is 0.472 e. The number of phosphoric ester groups is 2. The van der Waals surface area contributed by atoms with Crippen LogP contribution >= 0.6 is 15.6 Å². The molecule has 0 amide bonds. The Labute approximate surface area is 568 Å². The molecule has 0 aliphatic heterocycles. The summed E-state index contributed by atoms with van der Waals surface area (Å²) in [6.07, 6.45) is 47.2. The highest BCUT2D eigenvalue weighted by atomic mass is 31.2. The van der Waals surface area contributed by atoms with Crippen LogP contribution in [0, 0.1) is 23.7 Å². The van der Waals surface area contributed by atoms with Gasteiger partial charge in [-0.15, -0.1) is 0 Å².